The Bertz CT molecular complexity index is 725. The summed E-state index contributed by atoms with van der Waals surface area (Å²) in [6.45, 7) is 5.64. The number of nitrogens with zero attached hydrogens (tertiary/aromatic N) is 1. The molecule has 6 heteroatoms. The van der Waals surface area contributed by atoms with E-state index in [1.54, 1.807) is 32.4 Å². The van der Waals surface area contributed by atoms with Crippen LogP contribution in [0, 0.1) is 5.92 Å². The Hall–Kier alpha value is -2.24. The molecule has 0 aliphatic carbocycles. The summed E-state index contributed by atoms with van der Waals surface area (Å²) in [4.78, 5) is 27.9. The molecular formula is C22H31NO5. The highest BCUT2D eigenvalue weighted by Crippen LogP contribution is 2.40. The quantitative estimate of drug-likeness (QED) is 0.712. The predicted octanol–water partition coefficient (Wildman–Crippen LogP) is 4.45. The number of benzene rings is 1. The lowest BCUT2D eigenvalue weighted by Gasteiger charge is -2.48. The van der Waals surface area contributed by atoms with E-state index in [-0.39, 0.29) is 29.9 Å². The molecule has 154 valence electrons. The summed E-state index contributed by atoms with van der Waals surface area (Å²) in [5.41, 5.74) is 0.0297. The van der Waals surface area contributed by atoms with Gasteiger partial charge in [0, 0.05) is 18.0 Å². The summed E-state index contributed by atoms with van der Waals surface area (Å²) in [5.74, 6) is 1.13. The Balaban J connectivity index is 1.80. The number of carbonyl (C=O) groups is 2. The molecule has 2 heterocycles. The summed E-state index contributed by atoms with van der Waals surface area (Å²) in [5, 5.41) is 0. The molecule has 2 saturated heterocycles. The number of ketones is 1. The largest absolute Gasteiger partial charge is 0.497 e. The number of ether oxygens (including phenoxy) is 3. The van der Waals surface area contributed by atoms with E-state index in [0.717, 1.165) is 19.3 Å². The highest BCUT2D eigenvalue weighted by atomic mass is 16.6. The summed E-state index contributed by atoms with van der Waals surface area (Å²) < 4.78 is 16.3. The summed E-state index contributed by atoms with van der Waals surface area (Å²) in [7, 11) is 3.15. The van der Waals surface area contributed by atoms with Gasteiger partial charge in [0.05, 0.1) is 19.8 Å². The van der Waals surface area contributed by atoms with Crippen molar-refractivity contribution in [3.05, 3.63) is 23.8 Å². The maximum atomic E-state index is 13.3. The van der Waals surface area contributed by atoms with Crippen molar-refractivity contribution in [3.8, 4) is 11.5 Å². The van der Waals surface area contributed by atoms with Crippen LogP contribution in [0.15, 0.2) is 18.2 Å². The van der Waals surface area contributed by atoms with Gasteiger partial charge >= 0.3 is 6.09 Å². The number of Topliss-reactive ketones (excluding diaryl/α,β-unsaturated/α-hetero) is 1. The lowest BCUT2D eigenvalue weighted by molar-refractivity contribution is -0.0261. The minimum Gasteiger partial charge on any atom is -0.497 e. The van der Waals surface area contributed by atoms with Crippen molar-refractivity contribution in [1.29, 1.82) is 0 Å². The Kier molecular flexibility index (Phi) is 5.87. The molecule has 2 fully saturated rings. The van der Waals surface area contributed by atoms with Crippen LogP contribution in [0.25, 0.3) is 0 Å². The number of rotatable bonds is 4. The average molecular weight is 389 g/mol. The highest BCUT2D eigenvalue weighted by molar-refractivity contribution is 6.01. The molecule has 2 atom stereocenters. The molecule has 0 saturated carbocycles. The number of amides is 1. The second-order valence-electron chi connectivity index (χ2n) is 8.72. The smallest absolute Gasteiger partial charge is 0.410 e. The third kappa shape index (κ3) is 4.26. The van der Waals surface area contributed by atoms with Crippen LogP contribution in [0.4, 0.5) is 4.79 Å². The average Bonchev–Trinajstić information content (AvgIpc) is 2.64. The predicted molar refractivity (Wildman–Crippen MR) is 106 cm³/mol. The monoisotopic (exact) mass is 389 g/mol. The molecule has 1 aromatic carbocycles. The minimum atomic E-state index is -0.522. The number of piperidine rings is 2. The van der Waals surface area contributed by atoms with Crippen LogP contribution < -0.4 is 9.47 Å². The third-order valence-electron chi connectivity index (χ3n) is 5.62. The SMILES string of the molecule is COc1ccc(OC)c(C(=O)C2CC3CCCC(C2)N3C(=O)OC(C)(C)C)c1. The van der Waals surface area contributed by atoms with E-state index in [1.165, 1.54) is 0 Å². The second kappa shape index (κ2) is 8.02. The molecule has 28 heavy (non-hydrogen) atoms. The van der Waals surface area contributed by atoms with Crippen molar-refractivity contribution in [1.82, 2.24) is 4.90 Å². The van der Waals surface area contributed by atoms with Crippen LogP contribution in [-0.2, 0) is 4.74 Å². The fourth-order valence-electron chi connectivity index (χ4n) is 4.43. The molecule has 2 aliphatic heterocycles. The zero-order valence-electron chi connectivity index (χ0n) is 17.5. The van der Waals surface area contributed by atoms with E-state index in [1.807, 2.05) is 25.7 Å². The van der Waals surface area contributed by atoms with Gasteiger partial charge in [0.15, 0.2) is 5.78 Å². The zero-order valence-corrected chi connectivity index (χ0v) is 17.5. The van der Waals surface area contributed by atoms with Gasteiger partial charge in [-0.1, -0.05) is 0 Å². The van der Waals surface area contributed by atoms with Crippen LogP contribution in [0.5, 0.6) is 11.5 Å². The number of carbonyl (C=O) groups excluding carboxylic acids is 2. The molecule has 2 aliphatic rings. The molecule has 0 N–H and O–H groups in total. The van der Waals surface area contributed by atoms with Crippen molar-refractivity contribution >= 4 is 11.9 Å². The van der Waals surface area contributed by atoms with E-state index >= 15 is 0 Å². The standard InChI is InChI=1S/C22H31NO5/c1-22(2,3)28-21(25)23-15-7-6-8-16(23)12-14(11-15)20(24)18-13-17(26-4)9-10-19(18)27-5/h9-10,13-16H,6-8,11-12H2,1-5H3. The van der Waals surface area contributed by atoms with Crippen LogP contribution in [0.1, 0.15) is 63.2 Å². The molecule has 6 nitrogen and oxygen atoms in total. The lowest BCUT2D eigenvalue weighted by atomic mass is 9.75. The van der Waals surface area contributed by atoms with Gasteiger partial charge < -0.3 is 19.1 Å². The Morgan fingerprint density at radius 1 is 1.04 bits per heavy atom. The third-order valence-corrected chi connectivity index (χ3v) is 5.62. The van der Waals surface area contributed by atoms with Crippen molar-refractivity contribution < 1.29 is 23.8 Å². The number of hydrogen-bond donors (Lipinski definition) is 0. The first kappa shape index (κ1) is 20.5. The van der Waals surface area contributed by atoms with Crippen LogP contribution >= 0.6 is 0 Å². The molecule has 0 radical (unpaired) electrons. The van der Waals surface area contributed by atoms with Crippen LogP contribution in [-0.4, -0.2) is 48.7 Å². The maximum absolute atomic E-state index is 13.3. The maximum Gasteiger partial charge on any atom is 0.410 e. The molecular weight excluding hydrogens is 358 g/mol. The molecule has 3 rings (SSSR count). The van der Waals surface area contributed by atoms with Crippen LogP contribution in [0.2, 0.25) is 0 Å². The number of fused-ring (bicyclic) bond motifs is 2. The van der Waals surface area contributed by atoms with Gasteiger partial charge in [-0.25, -0.2) is 4.79 Å². The summed E-state index contributed by atoms with van der Waals surface area (Å²) in [6, 6.07) is 5.40. The molecule has 0 spiro atoms. The first-order valence-electron chi connectivity index (χ1n) is 10.0. The number of methoxy groups -OCH3 is 2. The Morgan fingerprint density at radius 3 is 2.21 bits per heavy atom. The van der Waals surface area contributed by atoms with E-state index < -0.39 is 5.60 Å². The van der Waals surface area contributed by atoms with Gasteiger partial charge in [0.2, 0.25) is 0 Å². The molecule has 2 unspecified atom stereocenters. The normalized spacial score (nSPS) is 24.5. The zero-order chi connectivity index (χ0) is 20.5. The highest BCUT2D eigenvalue weighted by Gasteiger charge is 2.44. The van der Waals surface area contributed by atoms with Crippen molar-refractivity contribution in [3.63, 3.8) is 0 Å². The molecule has 1 amide bonds. The van der Waals surface area contributed by atoms with Gasteiger partial charge in [0.1, 0.15) is 17.1 Å². The molecule has 1 aromatic rings. The van der Waals surface area contributed by atoms with E-state index in [0.29, 0.717) is 29.9 Å². The first-order chi connectivity index (χ1) is 13.2. The summed E-state index contributed by atoms with van der Waals surface area (Å²) >= 11 is 0. The van der Waals surface area contributed by atoms with Gasteiger partial charge in [-0.15, -0.1) is 0 Å². The number of hydrogen-bond acceptors (Lipinski definition) is 5. The van der Waals surface area contributed by atoms with Gasteiger partial charge in [0.25, 0.3) is 0 Å². The fourth-order valence-corrected chi connectivity index (χ4v) is 4.43. The van der Waals surface area contributed by atoms with Gasteiger partial charge in [-0.05, 0) is 71.1 Å². The Morgan fingerprint density at radius 2 is 1.68 bits per heavy atom. The minimum absolute atomic E-state index is 0.0490. The molecule has 0 aromatic heterocycles. The van der Waals surface area contributed by atoms with Crippen molar-refractivity contribution in [2.45, 2.75) is 70.6 Å². The first-order valence-corrected chi connectivity index (χ1v) is 10.0. The van der Waals surface area contributed by atoms with Gasteiger partial charge in [-0.2, -0.15) is 0 Å². The van der Waals surface area contributed by atoms with Crippen LogP contribution in [0.3, 0.4) is 0 Å². The van der Waals surface area contributed by atoms with E-state index in [9.17, 15) is 9.59 Å². The van der Waals surface area contributed by atoms with Gasteiger partial charge in [-0.3, -0.25) is 4.79 Å². The van der Waals surface area contributed by atoms with Crippen molar-refractivity contribution in [2.75, 3.05) is 14.2 Å². The second-order valence-corrected chi connectivity index (χ2v) is 8.72. The topological polar surface area (TPSA) is 65.1 Å². The van der Waals surface area contributed by atoms with E-state index in [2.05, 4.69) is 0 Å². The molecule has 2 bridgehead atoms. The summed E-state index contributed by atoms with van der Waals surface area (Å²) in [6.07, 6.45) is 3.97. The lowest BCUT2D eigenvalue weighted by Crippen LogP contribution is -2.56. The van der Waals surface area contributed by atoms with E-state index in [4.69, 9.17) is 14.2 Å². The fraction of sp³-hybridized carbons (Fsp3) is 0.636. The Labute approximate surface area is 167 Å². The van der Waals surface area contributed by atoms with Crippen molar-refractivity contribution in [2.24, 2.45) is 5.92 Å².